The first-order valence-corrected chi connectivity index (χ1v) is 14.8. The lowest BCUT2D eigenvalue weighted by Gasteiger charge is -2.23. The average molecular weight is 554 g/mol. The van der Waals surface area contributed by atoms with Gasteiger partial charge in [-0.05, 0) is 45.4 Å². The summed E-state index contributed by atoms with van der Waals surface area (Å²) >= 11 is 0. The van der Waals surface area contributed by atoms with E-state index in [0.717, 1.165) is 41.5 Å². The Balaban J connectivity index is 1.63. The molecule has 0 radical (unpaired) electrons. The summed E-state index contributed by atoms with van der Waals surface area (Å²) in [5.74, 6) is 1.00. The van der Waals surface area contributed by atoms with E-state index in [-0.39, 0.29) is 12.7 Å². The summed E-state index contributed by atoms with van der Waals surface area (Å²) in [5.41, 5.74) is 8.55. The summed E-state index contributed by atoms with van der Waals surface area (Å²) < 4.78 is 32.9. The maximum Gasteiger partial charge on any atom is 0.459 e. The van der Waals surface area contributed by atoms with Crippen LogP contribution < -0.4 is 15.3 Å². The van der Waals surface area contributed by atoms with Crippen molar-refractivity contribution in [3.63, 3.8) is 0 Å². The summed E-state index contributed by atoms with van der Waals surface area (Å²) in [5, 5.41) is 3.65. The number of fused-ring (bicyclic) bond motifs is 3. The number of nitrogens with two attached hydrogens (primary N) is 1. The van der Waals surface area contributed by atoms with Gasteiger partial charge in [0.2, 0.25) is 0 Å². The molecule has 4 rings (SSSR count). The van der Waals surface area contributed by atoms with Crippen LogP contribution in [-0.2, 0) is 31.6 Å². The second-order valence-electron chi connectivity index (χ2n) is 9.57. The molecule has 4 aromatic rings. The van der Waals surface area contributed by atoms with Crippen LogP contribution in [0.2, 0.25) is 0 Å². The van der Waals surface area contributed by atoms with E-state index in [9.17, 15) is 9.36 Å². The number of aromatic nitrogens is 3. The Morgan fingerprint density at radius 1 is 1.08 bits per heavy atom. The van der Waals surface area contributed by atoms with Crippen molar-refractivity contribution in [3.05, 3.63) is 60.4 Å². The first-order valence-electron chi connectivity index (χ1n) is 13.2. The van der Waals surface area contributed by atoms with Crippen LogP contribution in [-0.4, -0.2) is 39.3 Å². The number of carbonyl (C=O) groups is 1. The minimum absolute atomic E-state index is 0.0181. The van der Waals surface area contributed by atoms with Crippen LogP contribution in [0.3, 0.4) is 0 Å². The predicted molar refractivity (Wildman–Crippen MR) is 153 cm³/mol. The van der Waals surface area contributed by atoms with Gasteiger partial charge < -0.3 is 19.6 Å². The van der Waals surface area contributed by atoms with Gasteiger partial charge in [0.25, 0.3) is 0 Å². The van der Waals surface area contributed by atoms with Gasteiger partial charge in [0.05, 0.1) is 23.7 Å². The molecule has 0 unspecified atom stereocenters. The minimum atomic E-state index is -3.99. The van der Waals surface area contributed by atoms with Crippen LogP contribution in [0.15, 0.2) is 54.6 Å². The Bertz CT molecular complexity index is 1470. The number of anilines is 1. The van der Waals surface area contributed by atoms with Crippen LogP contribution in [0.1, 0.15) is 46.4 Å². The second-order valence-corrected chi connectivity index (χ2v) is 11.3. The highest BCUT2D eigenvalue weighted by Gasteiger charge is 2.32. The minimum Gasteiger partial charge on any atom is -0.462 e. The summed E-state index contributed by atoms with van der Waals surface area (Å²) in [4.78, 5) is 21.8. The van der Waals surface area contributed by atoms with Crippen LogP contribution in [0, 0.1) is 0 Å². The Morgan fingerprint density at radius 3 is 2.51 bits per heavy atom. The highest BCUT2D eigenvalue weighted by molar-refractivity contribution is 7.52. The van der Waals surface area contributed by atoms with E-state index in [1.807, 2.05) is 30.3 Å². The number of esters is 1. The number of imidazole rings is 1. The van der Waals surface area contributed by atoms with Crippen molar-refractivity contribution in [3.8, 4) is 5.75 Å². The third-order valence-corrected chi connectivity index (χ3v) is 7.72. The molecule has 0 spiro atoms. The van der Waals surface area contributed by atoms with E-state index in [1.54, 1.807) is 45.0 Å². The number of pyridine rings is 1. The molecule has 0 saturated carbocycles. The zero-order valence-corrected chi connectivity index (χ0v) is 23.7. The number of ether oxygens (including phenoxy) is 1. The zero-order chi connectivity index (χ0) is 28.0. The van der Waals surface area contributed by atoms with E-state index >= 15 is 0 Å². The monoisotopic (exact) mass is 553 g/mol. The standard InChI is InChI=1S/C28H36N5O5P/c1-5-6-16-24-31-25-26(22-14-10-11-15-23(22)30-27(25)29)33(24)17-18-36-39(35,38-21-12-8-7-9-13-21)32-20(4)28(34)37-19(2)3/h7-15,19-20H,5-6,16-18H2,1-4H3,(H2,29,30)(H,32,35)/t20-,39-/m0/s1. The van der Waals surface area contributed by atoms with E-state index in [1.165, 1.54) is 0 Å². The van der Waals surface area contributed by atoms with Gasteiger partial charge >= 0.3 is 13.7 Å². The summed E-state index contributed by atoms with van der Waals surface area (Å²) in [6, 6.07) is 15.5. The Kier molecular flexibility index (Phi) is 9.22. The normalized spacial score (nSPS) is 14.0. The van der Waals surface area contributed by atoms with Crippen molar-refractivity contribution >= 4 is 41.5 Å². The smallest absolute Gasteiger partial charge is 0.459 e. The Hall–Kier alpha value is -3.46. The first-order chi connectivity index (χ1) is 18.7. The number of benzene rings is 2. The molecule has 39 heavy (non-hydrogen) atoms. The van der Waals surface area contributed by atoms with Gasteiger partial charge in [0.1, 0.15) is 23.1 Å². The molecule has 0 saturated heterocycles. The maximum absolute atomic E-state index is 13.9. The van der Waals surface area contributed by atoms with Gasteiger partial charge in [-0.1, -0.05) is 49.7 Å². The molecule has 2 aromatic carbocycles. The number of rotatable bonds is 13. The third kappa shape index (κ3) is 6.95. The number of nitrogen functional groups attached to an aromatic ring is 1. The lowest BCUT2D eigenvalue weighted by molar-refractivity contribution is -0.149. The van der Waals surface area contributed by atoms with Crippen molar-refractivity contribution < 1.29 is 23.1 Å². The highest BCUT2D eigenvalue weighted by Crippen LogP contribution is 2.45. The molecule has 10 nitrogen and oxygen atoms in total. The molecule has 0 aliphatic rings. The lowest BCUT2D eigenvalue weighted by atomic mass is 10.2. The van der Waals surface area contributed by atoms with Gasteiger partial charge in [-0.25, -0.2) is 14.5 Å². The van der Waals surface area contributed by atoms with E-state index in [4.69, 9.17) is 24.5 Å². The molecule has 0 fully saturated rings. The summed E-state index contributed by atoms with van der Waals surface area (Å²) in [6.07, 6.45) is 2.38. The van der Waals surface area contributed by atoms with Crippen molar-refractivity contribution in [2.75, 3.05) is 12.3 Å². The molecule has 0 bridgehead atoms. The summed E-state index contributed by atoms with van der Waals surface area (Å²) in [7, 11) is -3.99. The Morgan fingerprint density at radius 2 is 1.79 bits per heavy atom. The molecular formula is C28H36N5O5P. The van der Waals surface area contributed by atoms with E-state index in [2.05, 4.69) is 21.6 Å². The maximum atomic E-state index is 13.9. The van der Waals surface area contributed by atoms with Gasteiger partial charge in [-0.15, -0.1) is 0 Å². The largest absolute Gasteiger partial charge is 0.462 e. The summed E-state index contributed by atoms with van der Waals surface area (Å²) in [6.45, 7) is 7.53. The van der Waals surface area contributed by atoms with Gasteiger partial charge in [-0.3, -0.25) is 9.32 Å². The van der Waals surface area contributed by atoms with Crippen molar-refractivity contribution in [2.24, 2.45) is 0 Å². The lowest BCUT2D eigenvalue weighted by Crippen LogP contribution is -2.36. The third-order valence-electron chi connectivity index (χ3n) is 6.05. The fraction of sp³-hybridized carbons (Fsp3) is 0.393. The molecule has 0 aliphatic heterocycles. The number of nitrogens with zero attached hydrogens (tertiary/aromatic N) is 3. The van der Waals surface area contributed by atoms with Gasteiger partial charge in [-0.2, -0.15) is 5.09 Å². The molecular weight excluding hydrogens is 517 g/mol. The van der Waals surface area contributed by atoms with Crippen LogP contribution in [0.4, 0.5) is 5.82 Å². The van der Waals surface area contributed by atoms with Crippen molar-refractivity contribution in [1.29, 1.82) is 0 Å². The molecule has 0 amide bonds. The molecule has 2 heterocycles. The number of hydrogen-bond donors (Lipinski definition) is 2. The number of nitrogens with one attached hydrogen (secondary N) is 1. The number of carbonyl (C=O) groups excluding carboxylic acids is 1. The SMILES string of the molecule is CCCCc1nc2c(N)nc3ccccc3c2n1CCO[P@@](=O)(N[C@@H](C)C(=O)OC(C)C)Oc1ccccc1. The fourth-order valence-corrected chi connectivity index (χ4v) is 5.74. The average Bonchev–Trinajstić information content (AvgIpc) is 3.26. The number of aryl methyl sites for hydroxylation is 1. The van der Waals surface area contributed by atoms with Gasteiger partial charge in [0, 0.05) is 18.4 Å². The first kappa shape index (κ1) is 28.5. The number of hydrogen-bond acceptors (Lipinski definition) is 8. The topological polar surface area (TPSA) is 131 Å². The van der Waals surface area contributed by atoms with Crippen molar-refractivity contribution in [1.82, 2.24) is 19.6 Å². The zero-order valence-electron chi connectivity index (χ0n) is 22.8. The van der Waals surface area contributed by atoms with Crippen LogP contribution in [0.5, 0.6) is 5.75 Å². The van der Waals surface area contributed by atoms with E-state index in [0.29, 0.717) is 23.6 Å². The van der Waals surface area contributed by atoms with Crippen LogP contribution >= 0.6 is 7.75 Å². The fourth-order valence-electron chi connectivity index (χ4n) is 4.26. The molecule has 11 heteroatoms. The second kappa shape index (κ2) is 12.6. The van der Waals surface area contributed by atoms with E-state index < -0.39 is 19.8 Å². The van der Waals surface area contributed by atoms with Crippen molar-refractivity contribution in [2.45, 2.75) is 65.6 Å². The quantitative estimate of drug-likeness (QED) is 0.159. The molecule has 2 aromatic heterocycles. The molecule has 3 N–H and O–H groups in total. The predicted octanol–water partition coefficient (Wildman–Crippen LogP) is 5.64. The van der Waals surface area contributed by atoms with Crippen LogP contribution in [0.25, 0.3) is 21.9 Å². The highest BCUT2D eigenvalue weighted by atomic mass is 31.2. The number of unbranched alkanes of at least 4 members (excludes halogenated alkanes) is 1. The molecule has 2 atom stereocenters. The Labute approximate surface area is 228 Å². The molecule has 208 valence electrons. The number of para-hydroxylation sites is 2. The van der Waals surface area contributed by atoms with Gasteiger partial charge in [0.15, 0.2) is 5.82 Å². The molecule has 0 aliphatic carbocycles.